The fourth-order valence-corrected chi connectivity index (χ4v) is 3.04. The van der Waals surface area contributed by atoms with Crippen molar-refractivity contribution in [2.75, 3.05) is 36.5 Å². The quantitative estimate of drug-likeness (QED) is 0.674. The van der Waals surface area contributed by atoms with Crippen LogP contribution in [0.2, 0.25) is 5.02 Å². The number of nitrogens with zero attached hydrogens (tertiary/aromatic N) is 1. The van der Waals surface area contributed by atoms with Crippen LogP contribution in [0.5, 0.6) is 5.75 Å². The van der Waals surface area contributed by atoms with Crippen molar-refractivity contribution in [2.24, 2.45) is 0 Å². The monoisotopic (exact) mass is 432 g/mol. The van der Waals surface area contributed by atoms with E-state index in [1.54, 1.807) is 31.2 Å². The topological polar surface area (TPSA) is 77.1 Å². The van der Waals surface area contributed by atoms with E-state index in [-0.39, 0.29) is 0 Å². The zero-order chi connectivity index (χ0) is 21.5. The molecular weight excluding hydrogens is 408 g/mol. The highest BCUT2D eigenvalue weighted by Crippen LogP contribution is 2.20. The number of ether oxygens (including phenoxy) is 3. The van der Waals surface area contributed by atoms with Crippen molar-refractivity contribution in [3.8, 4) is 5.75 Å². The van der Waals surface area contributed by atoms with Gasteiger partial charge >= 0.3 is 5.97 Å². The van der Waals surface area contributed by atoms with Gasteiger partial charge in [-0.1, -0.05) is 11.6 Å². The second-order valence-corrected chi connectivity index (χ2v) is 7.37. The van der Waals surface area contributed by atoms with E-state index in [0.717, 1.165) is 18.8 Å². The van der Waals surface area contributed by atoms with Gasteiger partial charge in [0.2, 0.25) is 0 Å². The van der Waals surface area contributed by atoms with Crippen LogP contribution in [-0.2, 0) is 19.1 Å². The van der Waals surface area contributed by atoms with Gasteiger partial charge in [-0.05, 0) is 62.4 Å². The maximum absolute atomic E-state index is 12.4. The fourth-order valence-electron chi connectivity index (χ4n) is 2.91. The van der Waals surface area contributed by atoms with Crippen molar-refractivity contribution in [1.29, 1.82) is 0 Å². The van der Waals surface area contributed by atoms with Crippen molar-refractivity contribution in [3.05, 3.63) is 53.6 Å². The van der Waals surface area contributed by atoms with Crippen LogP contribution in [0.4, 0.5) is 11.4 Å². The molecule has 0 spiro atoms. The number of benzene rings is 2. The average molecular weight is 433 g/mol. The third-order valence-electron chi connectivity index (χ3n) is 4.63. The molecule has 160 valence electrons. The SMILES string of the molecule is C[C@H](Oc1ccc(Cl)cc1)C(=O)O[C@H](C)C(=O)Nc1ccc(N2CCOCC2)cc1. The van der Waals surface area contributed by atoms with E-state index in [1.807, 2.05) is 24.3 Å². The highest BCUT2D eigenvalue weighted by atomic mass is 35.5. The number of nitrogens with one attached hydrogen (secondary N) is 1. The third kappa shape index (κ3) is 6.11. The molecule has 1 amide bonds. The number of carbonyl (C=O) groups excluding carboxylic acids is 2. The second-order valence-electron chi connectivity index (χ2n) is 6.93. The van der Waals surface area contributed by atoms with E-state index < -0.39 is 24.1 Å². The van der Waals surface area contributed by atoms with Crippen molar-refractivity contribution in [3.63, 3.8) is 0 Å². The summed E-state index contributed by atoms with van der Waals surface area (Å²) in [7, 11) is 0. The number of esters is 1. The van der Waals surface area contributed by atoms with E-state index in [4.69, 9.17) is 25.8 Å². The molecular formula is C22H25ClN2O5. The highest BCUT2D eigenvalue weighted by molar-refractivity contribution is 6.30. The van der Waals surface area contributed by atoms with Crippen LogP contribution in [0.25, 0.3) is 0 Å². The molecule has 1 heterocycles. The molecule has 1 saturated heterocycles. The minimum atomic E-state index is -0.965. The molecule has 30 heavy (non-hydrogen) atoms. The van der Waals surface area contributed by atoms with E-state index in [2.05, 4.69) is 10.2 Å². The van der Waals surface area contributed by atoms with E-state index in [1.165, 1.54) is 6.92 Å². The minimum Gasteiger partial charge on any atom is -0.479 e. The second kappa shape index (κ2) is 10.3. The fraction of sp³-hybridized carbons (Fsp3) is 0.364. The van der Waals surface area contributed by atoms with Crippen molar-refractivity contribution >= 4 is 34.9 Å². The Hall–Kier alpha value is -2.77. The van der Waals surface area contributed by atoms with Gasteiger partial charge in [-0.25, -0.2) is 4.79 Å². The summed E-state index contributed by atoms with van der Waals surface area (Å²) in [5.41, 5.74) is 1.70. The molecule has 0 radical (unpaired) electrons. The molecule has 8 heteroatoms. The van der Waals surface area contributed by atoms with Gasteiger partial charge in [0.25, 0.3) is 5.91 Å². The van der Waals surface area contributed by atoms with Crippen LogP contribution in [0.1, 0.15) is 13.8 Å². The first-order valence-electron chi connectivity index (χ1n) is 9.79. The van der Waals surface area contributed by atoms with Gasteiger partial charge in [-0.15, -0.1) is 0 Å². The highest BCUT2D eigenvalue weighted by Gasteiger charge is 2.23. The van der Waals surface area contributed by atoms with Crippen molar-refractivity contribution in [1.82, 2.24) is 0 Å². The largest absolute Gasteiger partial charge is 0.479 e. The summed E-state index contributed by atoms with van der Waals surface area (Å²) in [6, 6.07) is 14.2. The van der Waals surface area contributed by atoms with Crippen molar-refractivity contribution in [2.45, 2.75) is 26.1 Å². The predicted molar refractivity (Wildman–Crippen MR) is 115 cm³/mol. The molecule has 3 rings (SSSR count). The molecule has 1 fully saturated rings. The van der Waals surface area contributed by atoms with Gasteiger partial charge in [0, 0.05) is 29.5 Å². The summed E-state index contributed by atoms with van der Waals surface area (Å²) >= 11 is 5.83. The molecule has 1 aliphatic rings. The first kappa shape index (κ1) is 21.9. The van der Waals surface area contributed by atoms with Gasteiger partial charge in [0.1, 0.15) is 5.75 Å². The molecule has 7 nitrogen and oxygen atoms in total. The molecule has 0 aliphatic carbocycles. The minimum absolute atomic E-state index is 0.416. The predicted octanol–water partition coefficient (Wildman–Crippen LogP) is 3.51. The molecule has 2 aromatic carbocycles. The van der Waals surface area contributed by atoms with Crippen LogP contribution in [-0.4, -0.2) is 50.4 Å². The number of rotatable bonds is 7. The first-order valence-corrected chi connectivity index (χ1v) is 10.2. The number of morpholine rings is 1. The zero-order valence-corrected chi connectivity index (χ0v) is 17.7. The van der Waals surface area contributed by atoms with Crippen LogP contribution in [0.3, 0.4) is 0 Å². The van der Waals surface area contributed by atoms with Crippen LogP contribution in [0, 0.1) is 0 Å². The normalized spacial score (nSPS) is 15.8. The van der Waals surface area contributed by atoms with Gasteiger partial charge in [0.15, 0.2) is 12.2 Å². The summed E-state index contributed by atoms with van der Waals surface area (Å²) in [6.07, 6.45) is -1.83. The molecule has 0 unspecified atom stereocenters. The van der Waals surface area contributed by atoms with E-state index in [0.29, 0.717) is 29.7 Å². The lowest BCUT2D eigenvalue weighted by Crippen LogP contribution is -2.36. The Morgan fingerprint density at radius 1 is 1.00 bits per heavy atom. The van der Waals surface area contributed by atoms with E-state index in [9.17, 15) is 9.59 Å². The van der Waals surface area contributed by atoms with Gasteiger partial charge < -0.3 is 24.4 Å². The lowest BCUT2D eigenvalue weighted by molar-refractivity contribution is -0.159. The first-order chi connectivity index (χ1) is 14.4. The standard InChI is InChI=1S/C22H25ClN2O5/c1-15(30-22(27)16(2)29-20-9-3-17(23)4-10-20)21(26)24-18-5-7-19(8-6-18)25-11-13-28-14-12-25/h3-10,15-16H,11-14H2,1-2H3,(H,24,26)/t15-,16+/m1/s1. The lowest BCUT2D eigenvalue weighted by atomic mass is 10.2. The summed E-state index contributed by atoms with van der Waals surface area (Å²) in [6.45, 7) is 6.18. The Labute approximate surface area is 180 Å². The average Bonchev–Trinajstić information content (AvgIpc) is 2.76. The van der Waals surface area contributed by atoms with Crippen LogP contribution < -0.4 is 15.0 Å². The summed E-state index contributed by atoms with van der Waals surface area (Å²) < 4.78 is 16.1. The van der Waals surface area contributed by atoms with Crippen LogP contribution >= 0.6 is 11.6 Å². The molecule has 0 aromatic heterocycles. The van der Waals surface area contributed by atoms with Gasteiger partial charge in [-0.3, -0.25) is 4.79 Å². The van der Waals surface area contributed by atoms with Gasteiger partial charge in [0.05, 0.1) is 13.2 Å². The summed E-state index contributed by atoms with van der Waals surface area (Å²) in [5.74, 6) is -0.558. The van der Waals surface area contributed by atoms with Crippen molar-refractivity contribution < 1.29 is 23.8 Å². The number of carbonyl (C=O) groups is 2. The maximum Gasteiger partial charge on any atom is 0.347 e. The van der Waals surface area contributed by atoms with E-state index >= 15 is 0 Å². The Bertz CT molecular complexity index is 851. The van der Waals surface area contributed by atoms with Crippen LogP contribution in [0.15, 0.2) is 48.5 Å². The maximum atomic E-state index is 12.4. The molecule has 0 bridgehead atoms. The molecule has 1 N–H and O–H groups in total. The Morgan fingerprint density at radius 3 is 2.27 bits per heavy atom. The Kier molecular flexibility index (Phi) is 7.54. The number of hydrogen-bond acceptors (Lipinski definition) is 6. The summed E-state index contributed by atoms with van der Waals surface area (Å²) in [5, 5.41) is 3.33. The molecule has 1 aliphatic heterocycles. The number of hydrogen-bond donors (Lipinski definition) is 1. The number of anilines is 2. The number of amides is 1. The molecule has 2 atom stereocenters. The Balaban J connectivity index is 1.48. The third-order valence-corrected chi connectivity index (χ3v) is 4.88. The molecule has 2 aromatic rings. The number of halogens is 1. The summed E-state index contributed by atoms with van der Waals surface area (Å²) in [4.78, 5) is 26.8. The molecule has 0 saturated carbocycles. The lowest BCUT2D eigenvalue weighted by Gasteiger charge is -2.29. The Morgan fingerprint density at radius 2 is 1.63 bits per heavy atom. The zero-order valence-electron chi connectivity index (χ0n) is 17.0. The van der Waals surface area contributed by atoms with Gasteiger partial charge in [-0.2, -0.15) is 0 Å². The smallest absolute Gasteiger partial charge is 0.347 e.